The lowest BCUT2D eigenvalue weighted by atomic mass is 9.81. The van der Waals surface area contributed by atoms with Gasteiger partial charge < -0.3 is 9.80 Å². The van der Waals surface area contributed by atoms with Crippen LogP contribution in [0, 0.1) is 0 Å². The van der Waals surface area contributed by atoms with Crippen LogP contribution in [0.5, 0.6) is 0 Å². The molecule has 0 aliphatic heterocycles. The fraction of sp³-hybridized carbons (Fsp3) is 0.200. The maximum Gasteiger partial charge on any atom is 0.231 e. The number of pyridine rings is 1. The Labute approximate surface area is 202 Å². The highest BCUT2D eigenvalue weighted by Crippen LogP contribution is 2.36. The topological polar surface area (TPSA) is 27.4 Å². The Bertz CT molecular complexity index is 1150. The van der Waals surface area contributed by atoms with Crippen LogP contribution < -0.4 is 14.4 Å². The van der Waals surface area contributed by atoms with Gasteiger partial charge in [-0.15, -0.1) is 0 Å². The number of rotatable bonds is 8. The summed E-state index contributed by atoms with van der Waals surface area (Å²) in [5, 5.41) is 0. The van der Waals surface area contributed by atoms with Crippen LogP contribution in [-0.2, 0) is 0 Å². The van der Waals surface area contributed by atoms with Crippen molar-refractivity contribution in [2.45, 2.75) is 12.0 Å². The summed E-state index contributed by atoms with van der Waals surface area (Å²) >= 11 is 0. The number of carbonyl (C=O) groups excluding carboxylic acids is 1. The molecule has 4 nitrogen and oxygen atoms in total. The summed E-state index contributed by atoms with van der Waals surface area (Å²) in [6.07, 6.45) is 3.97. The Morgan fingerprint density at radius 1 is 0.618 bits per heavy atom. The van der Waals surface area contributed by atoms with Crippen LogP contribution in [0.3, 0.4) is 0 Å². The molecule has 4 aromatic rings. The molecule has 1 heterocycles. The summed E-state index contributed by atoms with van der Waals surface area (Å²) in [5.74, 6) is -0.0669. The first-order valence-corrected chi connectivity index (χ1v) is 11.6. The predicted molar refractivity (Wildman–Crippen MR) is 140 cm³/mol. The van der Waals surface area contributed by atoms with Crippen molar-refractivity contribution in [3.05, 3.63) is 126 Å². The minimum Gasteiger partial charge on any atom is -0.378 e. The molecule has 3 aromatic carbocycles. The SMILES string of the molecule is CN(C)c1ccc(C(c2ccc(N(C)C)cc2)C(C(=O)c2ccccc2)[n+]2ccccc2)cc1. The van der Waals surface area contributed by atoms with Gasteiger partial charge in [-0.25, -0.2) is 0 Å². The van der Waals surface area contributed by atoms with E-state index in [9.17, 15) is 4.79 Å². The standard InChI is InChI=1S/C30H32N3O/c1-31(2)26-17-13-23(14-18-26)28(24-15-19-27(20-16-24)32(3)4)29(33-21-9-6-10-22-33)30(34)25-11-7-5-8-12-25/h5-22,28-29H,1-4H3/q+1. The van der Waals surface area contributed by atoms with E-state index >= 15 is 0 Å². The van der Waals surface area contributed by atoms with Crippen molar-refractivity contribution < 1.29 is 9.36 Å². The molecule has 0 N–H and O–H groups in total. The number of carbonyl (C=O) groups is 1. The zero-order valence-electron chi connectivity index (χ0n) is 20.3. The maximum absolute atomic E-state index is 14.0. The summed E-state index contributed by atoms with van der Waals surface area (Å²) in [5.41, 5.74) is 5.18. The second-order valence-corrected chi connectivity index (χ2v) is 8.95. The number of anilines is 2. The molecule has 1 atom stereocenters. The second-order valence-electron chi connectivity index (χ2n) is 8.95. The van der Waals surface area contributed by atoms with E-state index in [1.807, 2.05) is 93.7 Å². The number of Topliss-reactive ketones (excluding diaryl/α,β-unsaturated/α-hetero) is 1. The summed E-state index contributed by atoms with van der Waals surface area (Å²) in [7, 11) is 8.14. The molecule has 34 heavy (non-hydrogen) atoms. The van der Waals surface area contributed by atoms with Crippen LogP contribution in [-0.4, -0.2) is 34.0 Å². The molecule has 0 saturated carbocycles. The van der Waals surface area contributed by atoms with Crippen LogP contribution >= 0.6 is 0 Å². The molecular formula is C30H32N3O+. The van der Waals surface area contributed by atoms with Crippen molar-refractivity contribution in [3.8, 4) is 0 Å². The lowest BCUT2D eigenvalue weighted by Crippen LogP contribution is -2.47. The van der Waals surface area contributed by atoms with E-state index < -0.39 is 6.04 Å². The van der Waals surface area contributed by atoms with Gasteiger partial charge >= 0.3 is 0 Å². The van der Waals surface area contributed by atoms with Gasteiger partial charge in [0, 0.05) is 57.3 Å². The van der Waals surface area contributed by atoms with Gasteiger partial charge in [-0.3, -0.25) is 4.79 Å². The lowest BCUT2D eigenvalue weighted by Gasteiger charge is -2.25. The average molecular weight is 451 g/mol. The highest BCUT2D eigenvalue weighted by atomic mass is 16.1. The molecule has 172 valence electrons. The van der Waals surface area contributed by atoms with Gasteiger partial charge in [0.15, 0.2) is 12.4 Å². The number of hydrogen-bond donors (Lipinski definition) is 0. The third-order valence-electron chi connectivity index (χ3n) is 6.24. The van der Waals surface area contributed by atoms with Gasteiger partial charge in [0.25, 0.3) is 0 Å². The first-order chi connectivity index (χ1) is 16.5. The molecule has 0 radical (unpaired) electrons. The first-order valence-electron chi connectivity index (χ1n) is 11.6. The number of benzene rings is 3. The van der Waals surface area contributed by atoms with Gasteiger partial charge in [-0.1, -0.05) is 60.7 Å². The van der Waals surface area contributed by atoms with Crippen molar-refractivity contribution in [1.29, 1.82) is 0 Å². The van der Waals surface area contributed by atoms with Crippen molar-refractivity contribution in [2.24, 2.45) is 0 Å². The normalized spacial score (nSPS) is 11.8. The van der Waals surface area contributed by atoms with E-state index in [-0.39, 0.29) is 11.7 Å². The van der Waals surface area contributed by atoms with Gasteiger partial charge in [-0.2, -0.15) is 4.57 Å². The first kappa shape index (κ1) is 23.2. The predicted octanol–water partition coefficient (Wildman–Crippen LogP) is 5.36. The molecule has 1 aromatic heterocycles. The summed E-state index contributed by atoms with van der Waals surface area (Å²) in [6.45, 7) is 0. The van der Waals surface area contributed by atoms with E-state index in [1.165, 1.54) is 0 Å². The van der Waals surface area contributed by atoms with E-state index in [0.29, 0.717) is 5.56 Å². The van der Waals surface area contributed by atoms with Crippen LogP contribution in [0.4, 0.5) is 11.4 Å². The molecule has 0 aliphatic rings. The minimum atomic E-state index is -0.431. The number of nitrogens with zero attached hydrogens (tertiary/aromatic N) is 3. The molecule has 4 heteroatoms. The molecule has 0 aliphatic carbocycles. The minimum absolute atomic E-state index is 0.0928. The average Bonchev–Trinajstić information content (AvgIpc) is 2.88. The number of aromatic nitrogens is 1. The van der Waals surface area contributed by atoms with Crippen LogP contribution in [0.2, 0.25) is 0 Å². The Morgan fingerprint density at radius 3 is 1.50 bits per heavy atom. The Morgan fingerprint density at radius 2 is 1.06 bits per heavy atom. The van der Waals surface area contributed by atoms with Gasteiger partial charge in [0.1, 0.15) is 0 Å². The van der Waals surface area contributed by atoms with Crippen LogP contribution in [0.1, 0.15) is 33.4 Å². The van der Waals surface area contributed by atoms with Crippen molar-refractivity contribution in [3.63, 3.8) is 0 Å². The van der Waals surface area contributed by atoms with Crippen molar-refractivity contribution in [2.75, 3.05) is 38.0 Å². The van der Waals surface area contributed by atoms with E-state index in [2.05, 4.69) is 58.3 Å². The highest BCUT2D eigenvalue weighted by Gasteiger charge is 2.39. The Hall–Kier alpha value is -3.92. The third-order valence-corrected chi connectivity index (χ3v) is 6.24. The fourth-order valence-corrected chi connectivity index (χ4v) is 4.35. The monoisotopic (exact) mass is 450 g/mol. The van der Waals surface area contributed by atoms with E-state index in [0.717, 1.165) is 22.5 Å². The molecule has 1 unspecified atom stereocenters. The van der Waals surface area contributed by atoms with E-state index in [1.54, 1.807) is 0 Å². The largest absolute Gasteiger partial charge is 0.378 e. The smallest absolute Gasteiger partial charge is 0.231 e. The van der Waals surface area contributed by atoms with Gasteiger partial charge in [0.2, 0.25) is 11.8 Å². The Balaban J connectivity index is 1.89. The molecule has 0 amide bonds. The van der Waals surface area contributed by atoms with Crippen molar-refractivity contribution in [1.82, 2.24) is 0 Å². The van der Waals surface area contributed by atoms with Crippen molar-refractivity contribution >= 4 is 17.2 Å². The number of ketones is 1. The van der Waals surface area contributed by atoms with E-state index in [4.69, 9.17) is 0 Å². The number of hydrogen-bond acceptors (Lipinski definition) is 3. The van der Waals surface area contributed by atoms with Gasteiger partial charge in [0.05, 0.1) is 5.92 Å². The molecule has 4 rings (SSSR count). The zero-order valence-corrected chi connectivity index (χ0v) is 20.3. The molecular weight excluding hydrogens is 418 g/mol. The zero-order chi connectivity index (χ0) is 24.1. The Kier molecular flexibility index (Phi) is 7.07. The molecule has 0 spiro atoms. The van der Waals surface area contributed by atoms with Crippen LogP contribution in [0.25, 0.3) is 0 Å². The van der Waals surface area contributed by atoms with Crippen LogP contribution in [0.15, 0.2) is 109 Å². The highest BCUT2D eigenvalue weighted by molar-refractivity contribution is 5.98. The lowest BCUT2D eigenvalue weighted by molar-refractivity contribution is -0.709. The second kappa shape index (κ2) is 10.3. The summed E-state index contributed by atoms with van der Waals surface area (Å²) in [6, 6.07) is 32.2. The summed E-state index contributed by atoms with van der Waals surface area (Å²) in [4.78, 5) is 18.2. The fourth-order valence-electron chi connectivity index (χ4n) is 4.35. The third kappa shape index (κ3) is 5.01. The van der Waals surface area contributed by atoms with Gasteiger partial charge in [-0.05, 0) is 35.4 Å². The maximum atomic E-state index is 14.0. The quantitative estimate of drug-likeness (QED) is 0.267. The summed E-state index contributed by atoms with van der Waals surface area (Å²) < 4.78 is 2.04. The molecule has 0 fully saturated rings. The molecule has 0 saturated heterocycles. The molecule has 0 bridgehead atoms.